The molecule has 0 heterocycles. The van der Waals surface area contributed by atoms with Crippen LogP contribution in [0.2, 0.25) is 0 Å². The van der Waals surface area contributed by atoms with E-state index in [9.17, 15) is 9.90 Å². The van der Waals surface area contributed by atoms with Gasteiger partial charge in [-0.15, -0.1) is 0 Å². The molecule has 144 valence electrons. The molecule has 0 aromatic rings. The molecule has 0 aliphatic carbocycles. The van der Waals surface area contributed by atoms with Gasteiger partial charge in [0.25, 0.3) is 0 Å². The van der Waals surface area contributed by atoms with E-state index in [1.54, 1.807) is 0 Å². The van der Waals surface area contributed by atoms with Crippen LogP contribution < -0.4 is 5.11 Å². The Kier molecular flexibility index (Phi) is 18.4. The zero-order valence-corrected chi connectivity index (χ0v) is 16.6. The fraction of sp³-hybridized carbons (Fsp3) is 0.955. The monoisotopic (exact) mass is 339 g/mol. The summed E-state index contributed by atoms with van der Waals surface area (Å²) in [4.78, 5) is 11.1. The highest BCUT2D eigenvalue weighted by Gasteiger charge is 2.08. The Bertz CT molecular complexity index is 263. The summed E-state index contributed by atoms with van der Waals surface area (Å²) in [6.45, 7) is 4.38. The van der Waals surface area contributed by atoms with Crippen molar-refractivity contribution in [2.45, 2.75) is 129 Å². The molecule has 0 saturated carbocycles. The van der Waals surface area contributed by atoms with Crippen molar-refractivity contribution in [3.63, 3.8) is 0 Å². The zero-order valence-electron chi connectivity index (χ0n) is 16.6. The summed E-state index contributed by atoms with van der Waals surface area (Å²) in [6.07, 6.45) is 22.5. The van der Waals surface area contributed by atoms with Crippen LogP contribution in [-0.2, 0) is 4.79 Å². The number of hydrogen-bond donors (Lipinski definition) is 0. The summed E-state index contributed by atoms with van der Waals surface area (Å²) < 4.78 is 0. The Morgan fingerprint density at radius 3 is 1.29 bits per heavy atom. The van der Waals surface area contributed by atoms with Crippen molar-refractivity contribution in [3.8, 4) is 0 Å². The second-order valence-corrected chi connectivity index (χ2v) is 7.54. The molecular formula is C22H43O2-. The minimum atomic E-state index is -0.835. The van der Waals surface area contributed by atoms with Crippen LogP contribution in [0.4, 0.5) is 0 Å². The molecule has 0 aliphatic heterocycles. The van der Waals surface area contributed by atoms with Gasteiger partial charge in [0.05, 0.1) is 0 Å². The number of rotatable bonds is 19. The molecule has 1 atom stereocenters. The Morgan fingerprint density at radius 1 is 0.583 bits per heavy atom. The Hall–Kier alpha value is -0.530. The average molecular weight is 340 g/mol. The second kappa shape index (κ2) is 18.8. The summed E-state index contributed by atoms with van der Waals surface area (Å²) in [6, 6.07) is 0. The Morgan fingerprint density at radius 2 is 0.917 bits per heavy atom. The average Bonchev–Trinajstić information content (AvgIpc) is 2.57. The van der Waals surface area contributed by atoms with Gasteiger partial charge in [0.1, 0.15) is 0 Å². The molecule has 2 nitrogen and oxygen atoms in total. The molecule has 1 unspecified atom stereocenters. The topological polar surface area (TPSA) is 40.1 Å². The number of aliphatic carboxylic acids is 1. The van der Waals surface area contributed by atoms with Gasteiger partial charge in [0.15, 0.2) is 0 Å². The van der Waals surface area contributed by atoms with E-state index < -0.39 is 5.97 Å². The van der Waals surface area contributed by atoms with Gasteiger partial charge >= 0.3 is 0 Å². The van der Waals surface area contributed by atoms with Gasteiger partial charge in [-0.3, -0.25) is 0 Å². The molecule has 24 heavy (non-hydrogen) atoms. The van der Waals surface area contributed by atoms with E-state index in [0.29, 0.717) is 0 Å². The fourth-order valence-corrected chi connectivity index (χ4v) is 3.42. The number of carbonyl (C=O) groups excluding carboxylic acids is 1. The predicted octanol–water partition coefficient (Wildman–Crippen LogP) is 6.41. The lowest BCUT2D eigenvalue weighted by atomic mass is 9.95. The van der Waals surface area contributed by atoms with Crippen LogP contribution >= 0.6 is 0 Å². The third-order valence-corrected chi connectivity index (χ3v) is 5.15. The Balaban J connectivity index is 3.25. The van der Waals surface area contributed by atoms with Gasteiger partial charge in [0.2, 0.25) is 0 Å². The summed E-state index contributed by atoms with van der Waals surface area (Å²) in [7, 11) is 0. The summed E-state index contributed by atoms with van der Waals surface area (Å²) in [5.74, 6) is -1.04. The summed E-state index contributed by atoms with van der Waals surface area (Å²) in [5.41, 5.74) is 0. The molecule has 2 heteroatoms. The van der Waals surface area contributed by atoms with E-state index in [4.69, 9.17) is 0 Å². The van der Waals surface area contributed by atoms with Gasteiger partial charge in [-0.25, -0.2) is 0 Å². The molecule has 0 spiro atoms. The molecule has 0 fully saturated rings. The molecule has 0 amide bonds. The number of unbranched alkanes of at least 4 members (excludes halogenated alkanes) is 14. The van der Waals surface area contributed by atoms with Crippen LogP contribution in [0.5, 0.6) is 0 Å². The number of carboxylic acids is 1. The highest BCUT2D eigenvalue weighted by atomic mass is 16.4. The van der Waals surface area contributed by atoms with Gasteiger partial charge in [0, 0.05) is 5.97 Å². The number of carbonyl (C=O) groups is 1. The van der Waals surface area contributed by atoms with Crippen molar-refractivity contribution < 1.29 is 9.90 Å². The fourth-order valence-electron chi connectivity index (χ4n) is 3.42. The SMILES string of the molecule is CCCCCCCCCCCCCCCCC(CCCC)C(=O)[O-]. The van der Waals surface area contributed by atoms with E-state index in [1.807, 2.05) is 0 Å². The van der Waals surface area contributed by atoms with Crippen molar-refractivity contribution in [2.75, 3.05) is 0 Å². The molecule has 0 rings (SSSR count). The molecule has 0 aromatic heterocycles. The van der Waals surface area contributed by atoms with Crippen LogP contribution in [0.15, 0.2) is 0 Å². The normalized spacial score (nSPS) is 12.4. The molecule has 0 saturated heterocycles. The van der Waals surface area contributed by atoms with E-state index in [2.05, 4.69) is 13.8 Å². The molecular weight excluding hydrogens is 296 g/mol. The maximum atomic E-state index is 11.1. The quantitative estimate of drug-likeness (QED) is 0.255. The van der Waals surface area contributed by atoms with Crippen molar-refractivity contribution >= 4 is 5.97 Å². The van der Waals surface area contributed by atoms with Gasteiger partial charge < -0.3 is 9.90 Å². The second-order valence-electron chi connectivity index (χ2n) is 7.54. The van der Waals surface area contributed by atoms with Gasteiger partial charge in [-0.05, 0) is 18.8 Å². The molecule has 0 aliphatic rings. The van der Waals surface area contributed by atoms with Crippen molar-refractivity contribution in [1.82, 2.24) is 0 Å². The summed E-state index contributed by atoms with van der Waals surface area (Å²) in [5, 5.41) is 11.1. The highest BCUT2D eigenvalue weighted by molar-refractivity contribution is 5.67. The number of hydrogen-bond acceptors (Lipinski definition) is 2. The van der Waals surface area contributed by atoms with Crippen molar-refractivity contribution in [3.05, 3.63) is 0 Å². The number of carboxylic acid groups (broad SMARTS) is 1. The maximum Gasteiger partial charge on any atom is 0.0445 e. The van der Waals surface area contributed by atoms with Gasteiger partial charge in [-0.2, -0.15) is 0 Å². The van der Waals surface area contributed by atoms with E-state index in [0.717, 1.165) is 32.1 Å². The largest absolute Gasteiger partial charge is 0.550 e. The summed E-state index contributed by atoms with van der Waals surface area (Å²) >= 11 is 0. The van der Waals surface area contributed by atoms with Crippen LogP contribution in [0.25, 0.3) is 0 Å². The van der Waals surface area contributed by atoms with Crippen LogP contribution in [0.3, 0.4) is 0 Å². The maximum absolute atomic E-state index is 11.1. The van der Waals surface area contributed by atoms with Crippen LogP contribution in [0.1, 0.15) is 129 Å². The first kappa shape index (κ1) is 23.5. The molecule has 0 bridgehead atoms. The van der Waals surface area contributed by atoms with Gasteiger partial charge in [-0.1, -0.05) is 117 Å². The van der Waals surface area contributed by atoms with Crippen LogP contribution in [-0.4, -0.2) is 5.97 Å². The first-order chi connectivity index (χ1) is 11.7. The van der Waals surface area contributed by atoms with E-state index >= 15 is 0 Å². The third kappa shape index (κ3) is 16.3. The predicted molar refractivity (Wildman–Crippen MR) is 103 cm³/mol. The van der Waals surface area contributed by atoms with E-state index in [-0.39, 0.29) is 5.92 Å². The molecule has 0 N–H and O–H groups in total. The first-order valence-corrected chi connectivity index (χ1v) is 10.9. The smallest absolute Gasteiger partial charge is 0.0445 e. The van der Waals surface area contributed by atoms with Crippen LogP contribution in [0, 0.1) is 5.92 Å². The first-order valence-electron chi connectivity index (χ1n) is 10.9. The lowest BCUT2D eigenvalue weighted by molar-refractivity contribution is -0.312. The highest BCUT2D eigenvalue weighted by Crippen LogP contribution is 2.18. The van der Waals surface area contributed by atoms with Crippen molar-refractivity contribution in [1.29, 1.82) is 0 Å². The van der Waals surface area contributed by atoms with E-state index in [1.165, 1.54) is 83.5 Å². The van der Waals surface area contributed by atoms with Crippen molar-refractivity contribution in [2.24, 2.45) is 5.92 Å². The lowest BCUT2D eigenvalue weighted by Gasteiger charge is -2.17. The molecule has 0 aromatic carbocycles. The Labute approximate surface area is 151 Å². The zero-order chi connectivity index (χ0) is 17.9. The lowest BCUT2D eigenvalue weighted by Crippen LogP contribution is -2.31. The third-order valence-electron chi connectivity index (χ3n) is 5.15. The minimum Gasteiger partial charge on any atom is -0.550 e. The standard InChI is InChI=1S/C22H44O2/c1-3-5-7-8-9-10-11-12-13-14-15-16-17-18-20-21(22(23)24)19-6-4-2/h21H,3-20H2,1-2H3,(H,23,24)/p-1. The molecule has 0 radical (unpaired) electrons. The minimum absolute atomic E-state index is 0.206.